The standard InChI is InChI=1S/C28H37N6OPS/c1-7-21(25(8-2)36(9-3)10-4)29-27-26-23(13-18-37-26)31-28(32-27)30-22-12-11-20(19-24(22)35-6)34-16-14-33(5)15-17-34/h7-8,11-13,18-19H,1-2,9-10,14-17H2,3-6H3,(H2,29,30,31,32)/b25-21-. The molecule has 0 amide bonds. The molecule has 1 fully saturated rings. The van der Waals surface area contributed by atoms with Crippen molar-refractivity contribution in [2.75, 3.05) is 68.2 Å². The number of allylic oxidation sites excluding steroid dienone is 3. The lowest BCUT2D eigenvalue weighted by Crippen LogP contribution is -2.44. The molecular weight excluding hydrogens is 499 g/mol. The average molecular weight is 537 g/mol. The van der Waals surface area contributed by atoms with Gasteiger partial charge in [-0.15, -0.1) is 11.3 Å². The Morgan fingerprint density at radius 3 is 2.51 bits per heavy atom. The number of piperazine rings is 1. The van der Waals surface area contributed by atoms with E-state index in [1.165, 1.54) is 5.31 Å². The van der Waals surface area contributed by atoms with Crippen LogP contribution in [0.25, 0.3) is 10.2 Å². The van der Waals surface area contributed by atoms with Crippen molar-refractivity contribution in [1.82, 2.24) is 14.9 Å². The zero-order valence-corrected chi connectivity index (χ0v) is 24.0. The molecule has 0 saturated carbocycles. The third-order valence-corrected chi connectivity index (χ3v) is 10.2. The van der Waals surface area contributed by atoms with Gasteiger partial charge < -0.3 is 25.2 Å². The second kappa shape index (κ2) is 12.5. The zero-order chi connectivity index (χ0) is 26.4. The molecule has 0 atom stereocenters. The molecular formula is C28H37N6OPS. The summed E-state index contributed by atoms with van der Waals surface area (Å²) in [5.74, 6) is 2.03. The number of likely N-dealkylation sites (N-methyl/N-ethyl adjacent to an activating group) is 1. The number of rotatable bonds is 11. The van der Waals surface area contributed by atoms with Crippen LogP contribution in [0.2, 0.25) is 0 Å². The van der Waals surface area contributed by atoms with Crippen LogP contribution in [0.4, 0.5) is 23.1 Å². The normalized spacial score (nSPS) is 15.0. The number of fused-ring (bicyclic) bond motifs is 1. The molecule has 1 aliphatic heterocycles. The molecule has 4 rings (SSSR count). The molecule has 0 aliphatic carbocycles. The summed E-state index contributed by atoms with van der Waals surface area (Å²) in [7, 11) is 3.55. The highest BCUT2D eigenvalue weighted by Gasteiger charge is 2.18. The fourth-order valence-corrected chi connectivity index (χ4v) is 7.14. The quantitative estimate of drug-likeness (QED) is 0.208. The van der Waals surface area contributed by atoms with Gasteiger partial charge in [-0.05, 0) is 54.3 Å². The molecule has 1 saturated heterocycles. The van der Waals surface area contributed by atoms with E-state index >= 15 is 0 Å². The Balaban J connectivity index is 1.65. The van der Waals surface area contributed by atoms with Crippen molar-refractivity contribution in [3.05, 3.63) is 66.0 Å². The first-order valence-corrected chi connectivity index (χ1v) is 15.2. The largest absolute Gasteiger partial charge is 0.494 e. The first-order valence-electron chi connectivity index (χ1n) is 12.7. The third kappa shape index (κ3) is 6.15. The van der Waals surface area contributed by atoms with Crippen molar-refractivity contribution in [3.8, 4) is 5.75 Å². The van der Waals surface area contributed by atoms with Crippen LogP contribution in [-0.4, -0.2) is 67.5 Å². The van der Waals surface area contributed by atoms with E-state index in [1.807, 2.05) is 29.7 Å². The van der Waals surface area contributed by atoms with Gasteiger partial charge in [0.05, 0.1) is 23.0 Å². The Kier molecular flexibility index (Phi) is 9.19. The Bertz CT molecular complexity index is 1280. The number of nitrogens with zero attached hydrogens (tertiary/aromatic N) is 4. The number of methoxy groups -OCH3 is 1. The van der Waals surface area contributed by atoms with Gasteiger partial charge >= 0.3 is 0 Å². The van der Waals surface area contributed by atoms with E-state index in [-0.39, 0.29) is 7.92 Å². The topological polar surface area (TPSA) is 65.6 Å². The first kappa shape index (κ1) is 27.1. The van der Waals surface area contributed by atoms with Crippen LogP contribution in [0.1, 0.15) is 13.8 Å². The summed E-state index contributed by atoms with van der Waals surface area (Å²) < 4.78 is 6.76. The molecule has 2 aromatic heterocycles. The van der Waals surface area contributed by atoms with Crippen molar-refractivity contribution >= 4 is 52.6 Å². The number of anilines is 4. The monoisotopic (exact) mass is 536 g/mol. The summed E-state index contributed by atoms with van der Waals surface area (Å²) in [6.07, 6.45) is 6.02. The summed E-state index contributed by atoms with van der Waals surface area (Å²) in [6, 6.07) is 8.28. The maximum Gasteiger partial charge on any atom is 0.229 e. The minimum absolute atomic E-state index is 0.309. The Hall–Kier alpha value is -2.93. The number of nitrogens with one attached hydrogen (secondary N) is 2. The highest BCUT2D eigenvalue weighted by atomic mass is 32.1. The van der Waals surface area contributed by atoms with Crippen molar-refractivity contribution in [2.24, 2.45) is 0 Å². The number of hydrogen-bond acceptors (Lipinski definition) is 8. The van der Waals surface area contributed by atoms with Gasteiger partial charge in [-0.3, -0.25) is 0 Å². The second-order valence-electron chi connectivity index (χ2n) is 8.84. The van der Waals surface area contributed by atoms with E-state index in [0.717, 1.165) is 77.4 Å². The summed E-state index contributed by atoms with van der Waals surface area (Å²) in [5, 5.41) is 10.2. The summed E-state index contributed by atoms with van der Waals surface area (Å²) in [6.45, 7) is 16.7. The highest BCUT2D eigenvalue weighted by molar-refractivity contribution is 7.62. The number of aromatic nitrogens is 2. The molecule has 7 nitrogen and oxygen atoms in total. The number of hydrogen-bond donors (Lipinski definition) is 2. The van der Waals surface area contributed by atoms with E-state index in [0.29, 0.717) is 5.95 Å². The van der Waals surface area contributed by atoms with Gasteiger partial charge in [0.25, 0.3) is 0 Å². The predicted octanol–water partition coefficient (Wildman–Crippen LogP) is 6.71. The van der Waals surface area contributed by atoms with Crippen molar-refractivity contribution in [1.29, 1.82) is 0 Å². The lowest BCUT2D eigenvalue weighted by Gasteiger charge is -2.34. The maximum atomic E-state index is 5.75. The van der Waals surface area contributed by atoms with Crippen LogP contribution in [0.15, 0.2) is 66.0 Å². The smallest absolute Gasteiger partial charge is 0.229 e. The number of thiophene rings is 1. The molecule has 3 aromatic rings. The maximum absolute atomic E-state index is 5.75. The number of benzene rings is 1. The minimum atomic E-state index is -0.309. The molecule has 1 aromatic carbocycles. The summed E-state index contributed by atoms with van der Waals surface area (Å²) in [4.78, 5) is 14.4. The van der Waals surface area contributed by atoms with Crippen molar-refractivity contribution in [2.45, 2.75) is 13.8 Å². The van der Waals surface area contributed by atoms with Gasteiger partial charge in [0.15, 0.2) is 5.82 Å². The third-order valence-electron chi connectivity index (χ3n) is 6.63. The molecule has 9 heteroatoms. The van der Waals surface area contributed by atoms with Gasteiger partial charge in [-0.25, -0.2) is 4.98 Å². The molecule has 2 N–H and O–H groups in total. The molecule has 0 spiro atoms. The van der Waals surface area contributed by atoms with Gasteiger partial charge in [0, 0.05) is 43.6 Å². The van der Waals surface area contributed by atoms with E-state index in [2.05, 4.69) is 66.6 Å². The van der Waals surface area contributed by atoms with Gasteiger partial charge in [-0.1, -0.05) is 41.0 Å². The average Bonchev–Trinajstić information content (AvgIpc) is 3.40. The predicted molar refractivity (Wildman–Crippen MR) is 162 cm³/mol. The van der Waals surface area contributed by atoms with Crippen LogP contribution in [-0.2, 0) is 0 Å². The van der Waals surface area contributed by atoms with Crippen LogP contribution in [0.3, 0.4) is 0 Å². The Morgan fingerprint density at radius 1 is 1.11 bits per heavy atom. The number of ether oxygens (including phenoxy) is 1. The second-order valence-corrected chi connectivity index (χ2v) is 12.6. The van der Waals surface area contributed by atoms with Crippen LogP contribution in [0.5, 0.6) is 5.75 Å². The van der Waals surface area contributed by atoms with Crippen LogP contribution < -0.4 is 20.3 Å². The van der Waals surface area contributed by atoms with Crippen LogP contribution >= 0.6 is 19.3 Å². The molecule has 0 radical (unpaired) electrons. The highest BCUT2D eigenvalue weighted by Crippen LogP contribution is 2.46. The van der Waals surface area contributed by atoms with Crippen molar-refractivity contribution in [3.63, 3.8) is 0 Å². The molecule has 3 heterocycles. The molecule has 0 unspecified atom stereocenters. The van der Waals surface area contributed by atoms with Crippen molar-refractivity contribution < 1.29 is 4.74 Å². The van der Waals surface area contributed by atoms with E-state index < -0.39 is 0 Å². The Morgan fingerprint density at radius 2 is 1.86 bits per heavy atom. The Labute approximate surface area is 225 Å². The van der Waals surface area contributed by atoms with E-state index in [1.54, 1.807) is 18.4 Å². The minimum Gasteiger partial charge on any atom is -0.494 e. The molecule has 1 aliphatic rings. The molecule has 196 valence electrons. The van der Waals surface area contributed by atoms with E-state index in [4.69, 9.17) is 14.7 Å². The summed E-state index contributed by atoms with van der Waals surface area (Å²) in [5.41, 5.74) is 3.83. The van der Waals surface area contributed by atoms with Gasteiger partial charge in [0.1, 0.15) is 5.75 Å². The first-order chi connectivity index (χ1) is 18.0. The lowest BCUT2D eigenvalue weighted by molar-refractivity contribution is 0.312. The van der Waals surface area contributed by atoms with Gasteiger partial charge in [0.2, 0.25) is 5.95 Å². The van der Waals surface area contributed by atoms with E-state index in [9.17, 15) is 0 Å². The SMILES string of the molecule is C=C/C(Nc1nc(Nc2ccc(N3CCN(C)CC3)cc2OC)nc2ccsc12)=C(\C=C)P(CC)CC. The molecule has 37 heavy (non-hydrogen) atoms. The zero-order valence-electron chi connectivity index (χ0n) is 22.3. The van der Waals surface area contributed by atoms with Gasteiger partial charge in [-0.2, -0.15) is 4.98 Å². The lowest BCUT2D eigenvalue weighted by atomic mass is 10.2. The molecule has 0 bridgehead atoms. The fraction of sp³-hybridized carbons (Fsp3) is 0.357. The fourth-order valence-electron chi connectivity index (χ4n) is 4.49. The summed E-state index contributed by atoms with van der Waals surface area (Å²) >= 11 is 1.62. The van der Waals surface area contributed by atoms with Crippen LogP contribution in [0, 0.1) is 0 Å².